The zero-order chi connectivity index (χ0) is 19.2. The third kappa shape index (κ3) is 4.82. The molecule has 6 nitrogen and oxygen atoms in total. The molecule has 134 valence electrons. The van der Waals surface area contributed by atoms with Crippen LogP contribution >= 0.6 is 0 Å². The van der Waals surface area contributed by atoms with Crippen molar-refractivity contribution in [1.82, 2.24) is 0 Å². The molecule has 0 fully saturated rings. The van der Waals surface area contributed by atoms with Gasteiger partial charge in [0.15, 0.2) is 0 Å². The molecule has 0 amide bonds. The summed E-state index contributed by atoms with van der Waals surface area (Å²) in [6, 6.07) is 17.6. The second-order valence-corrected chi connectivity index (χ2v) is 5.50. The van der Waals surface area contributed by atoms with Crippen molar-refractivity contribution in [3.63, 3.8) is 0 Å². The Labute approximate surface area is 153 Å². The van der Waals surface area contributed by atoms with E-state index in [1.165, 1.54) is 30.3 Å². The lowest BCUT2D eigenvalue weighted by atomic mass is 10.2. The van der Waals surface area contributed by atoms with E-state index in [0.717, 1.165) is 11.6 Å². The maximum Gasteiger partial charge on any atom is 0.343 e. The molecule has 0 bridgehead atoms. The van der Waals surface area contributed by atoms with Gasteiger partial charge in [0, 0.05) is 18.3 Å². The van der Waals surface area contributed by atoms with E-state index < -0.39 is 10.9 Å². The summed E-state index contributed by atoms with van der Waals surface area (Å²) in [5, 5.41) is 10.8. The third-order valence-corrected chi connectivity index (χ3v) is 3.57. The molecule has 0 spiro atoms. The van der Waals surface area contributed by atoms with E-state index in [2.05, 4.69) is 4.99 Å². The van der Waals surface area contributed by atoms with Gasteiger partial charge in [-0.3, -0.25) is 15.1 Å². The van der Waals surface area contributed by atoms with Gasteiger partial charge in [-0.1, -0.05) is 6.07 Å². The number of ether oxygens (including phenoxy) is 1. The highest BCUT2D eigenvalue weighted by atomic mass is 19.1. The second kappa shape index (κ2) is 8.01. The Morgan fingerprint density at radius 1 is 1.04 bits per heavy atom. The van der Waals surface area contributed by atoms with Crippen LogP contribution in [-0.4, -0.2) is 17.1 Å². The first-order chi connectivity index (χ1) is 13.0. The molecule has 0 aliphatic carbocycles. The van der Waals surface area contributed by atoms with Crippen LogP contribution in [0.2, 0.25) is 0 Å². The molecule has 0 unspecified atom stereocenters. The molecule has 0 aromatic heterocycles. The maximum absolute atomic E-state index is 12.9. The fourth-order valence-electron chi connectivity index (χ4n) is 2.21. The summed E-state index contributed by atoms with van der Waals surface area (Å²) in [6.45, 7) is 0. The number of benzene rings is 3. The minimum absolute atomic E-state index is 0.0890. The number of nitro benzene ring substituents is 1. The Bertz CT molecular complexity index is 999. The van der Waals surface area contributed by atoms with Crippen LogP contribution in [0, 0.1) is 15.9 Å². The van der Waals surface area contributed by atoms with Gasteiger partial charge in [0.2, 0.25) is 0 Å². The largest absolute Gasteiger partial charge is 0.423 e. The Balaban J connectivity index is 1.66. The lowest BCUT2D eigenvalue weighted by molar-refractivity contribution is -0.384. The van der Waals surface area contributed by atoms with Gasteiger partial charge in [-0.05, 0) is 60.2 Å². The number of carbonyl (C=O) groups excluding carboxylic acids is 1. The number of rotatable bonds is 5. The number of hydrogen-bond acceptors (Lipinski definition) is 5. The number of non-ortho nitro benzene ring substituents is 1. The lowest BCUT2D eigenvalue weighted by Gasteiger charge is -2.04. The normalized spacial score (nSPS) is 10.7. The average molecular weight is 364 g/mol. The van der Waals surface area contributed by atoms with Gasteiger partial charge in [-0.25, -0.2) is 9.18 Å². The van der Waals surface area contributed by atoms with Crippen molar-refractivity contribution < 1.29 is 18.8 Å². The zero-order valence-electron chi connectivity index (χ0n) is 13.9. The fraction of sp³-hybridized carbons (Fsp3) is 0. The molecule has 0 radical (unpaired) electrons. The summed E-state index contributed by atoms with van der Waals surface area (Å²) in [4.78, 5) is 26.5. The van der Waals surface area contributed by atoms with Crippen LogP contribution in [0.1, 0.15) is 15.9 Å². The smallest absolute Gasteiger partial charge is 0.343 e. The van der Waals surface area contributed by atoms with Crippen molar-refractivity contribution in [2.24, 2.45) is 4.99 Å². The predicted octanol–water partition coefficient (Wildman–Crippen LogP) is 4.70. The van der Waals surface area contributed by atoms with Gasteiger partial charge in [-0.15, -0.1) is 0 Å². The molecule has 3 aromatic rings. The van der Waals surface area contributed by atoms with Gasteiger partial charge in [0.1, 0.15) is 11.6 Å². The Hall–Kier alpha value is -3.87. The van der Waals surface area contributed by atoms with Gasteiger partial charge < -0.3 is 4.74 Å². The fourth-order valence-corrected chi connectivity index (χ4v) is 2.21. The third-order valence-electron chi connectivity index (χ3n) is 3.57. The first-order valence-corrected chi connectivity index (χ1v) is 7.87. The van der Waals surface area contributed by atoms with Crippen molar-refractivity contribution >= 4 is 23.6 Å². The van der Waals surface area contributed by atoms with Crippen LogP contribution in [0.4, 0.5) is 15.8 Å². The van der Waals surface area contributed by atoms with E-state index >= 15 is 0 Å². The summed E-state index contributed by atoms with van der Waals surface area (Å²) < 4.78 is 18.1. The van der Waals surface area contributed by atoms with Crippen LogP contribution in [0.3, 0.4) is 0 Å². The van der Waals surface area contributed by atoms with Crippen LogP contribution in [0.5, 0.6) is 5.75 Å². The number of nitro groups is 1. The van der Waals surface area contributed by atoms with Crippen molar-refractivity contribution in [3.05, 3.63) is 99.9 Å². The molecule has 0 saturated heterocycles. The van der Waals surface area contributed by atoms with Gasteiger partial charge in [-0.2, -0.15) is 0 Å². The van der Waals surface area contributed by atoms with E-state index in [1.54, 1.807) is 42.6 Å². The monoisotopic (exact) mass is 364 g/mol. The maximum atomic E-state index is 12.9. The van der Waals surface area contributed by atoms with Crippen LogP contribution in [0.25, 0.3) is 0 Å². The quantitative estimate of drug-likeness (QED) is 0.216. The molecule has 3 rings (SSSR count). The summed E-state index contributed by atoms with van der Waals surface area (Å²) in [7, 11) is 0. The van der Waals surface area contributed by atoms with Crippen molar-refractivity contribution in [2.45, 2.75) is 0 Å². The van der Waals surface area contributed by atoms with E-state index in [1.807, 2.05) is 0 Å². The standard InChI is InChI=1S/C20H13FN2O4/c21-16-6-8-17(9-7-16)22-13-14-4-10-19(11-5-14)27-20(24)15-2-1-3-18(12-15)23(25)26/h1-13H/b22-13+. The highest BCUT2D eigenvalue weighted by molar-refractivity contribution is 5.91. The molecule has 0 heterocycles. The number of hydrogen-bond donors (Lipinski definition) is 0. The Morgan fingerprint density at radius 3 is 2.41 bits per heavy atom. The number of carbonyl (C=O) groups is 1. The van der Waals surface area contributed by atoms with Gasteiger partial charge in [0.05, 0.1) is 16.2 Å². The molecule has 0 atom stereocenters. The molecular weight excluding hydrogens is 351 g/mol. The molecule has 0 aliphatic heterocycles. The number of aliphatic imine (C=N–C) groups is 1. The topological polar surface area (TPSA) is 81.8 Å². The lowest BCUT2D eigenvalue weighted by Crippen LogP contribution is -2.08. The summed E-state index contributed by atoms with van der Waals surface area (Å²) in [6.07, 6.45) is 1.60. The van der Waals surface area contributed by atoms with Gasteiger partial charge in [0.25, 0.3) is 5.69 Å². The first-order valence-electron chi connectivity index (χ1n) is 7.87. The number of nitrogens with zero attached hydrogens (tertiary/aromatic N) is 2. The number of esters is 1. The van der Waals surface area contributed by atoms with Crippen LogP contribution < -0.4 is 4.74 Å². The Morgan fingerprint density at radius 2 is 1.74 bits per heavy atom. The van der Waals surface area contributed by atoms with Crippen molar-refractivity contribution in [3.8, 4) is 5.75 Å². The SMILES string of the molecule is O=C(Oc1ccc(/C=N/c2ccc(F)cc2)cc1)c1cccc([N+](=O)[O-])c1. The van der Waals surface area contributed by atoms with E-state index in [0.29, 0.717) is 11.4 Å². The molecule has 3 aromatic carbocycles. The summed E-state index contributed by atoms with van der Waals surface area (Å²) in [5.74, 6) is -0.722. The van der Waals surface area contributed by atoms with Crippen molar-refractivity contribution in [2.75, 3.05) is 0 Å². The minimum atomic E-state index is -0.688. The molecule has 7 heteroatoms. The highest BCUT2D eigenvalue weighted by Crippen LogP contribution is 2.18. The summed E-state index contributed by atoms with van der Waals surface area (Å²) >= 11 is 0. The van der Waals surface area contributed by atoms with Crippen LogP contribution in [0.15, 0.2) is 77.8 Å². The summed E-state index contributed by atoms with van der Waals surface area (Å²) in [5.41, 5.74) is 1.27. The van der Waals surface area contributed by atoms with Crippen LogP contribution in [-0.2, 0) is 0 Å². The molecule has 27 heavy (non-hydrogen) atoms. The number of halogens is 1. The first kappa shape index (κ1) is 17.9. The molecular formula is C20H13FN2O4. The Kier molecular flexibility index (Phi) is 5.32. The molecule has 0 N–H and O–H groups in total. The zero-order valence-corrected chi connectivity index (χ0v) is 13.9. The van der Waals surface area contributed by atoms with E-state index in [-0.39, 0.29) is 17.1 Å². The minimum Gasteiger partial charge on any atom is -0.423 e. The molecule has 0 saturated carbocycles. The van der Waals surface area contributed by atoms with E-state index in [4.69, 9.17) is 4.74 Å². The highest BCUT2D eigenvalue weighted by Gasteiger charge is 2.13. The van der Waals surface area contributed by atoms with E-state index in [9.17, 15) is 19.3 Å². The van der Waals surface area contributed by atoms with Crippen molar-refractivity contribution in [1.29, 1.82) is 0 Å². The molecule has 0 aliphatic rings. The second-order valence-electron chi connectivity index (χ2n) is 5.50. The van der Waals surface area contributed by atoms with Gasteiger partial charge >= 0.3 is 5.97 Å². The predicted molar refractivity (Wildman–Crippen MR) is 98.2 cm³/mol. The average Bonchev–Trinajstić information content (AvgIpc) is 2.68.